The van der Waals surface area contributed by atoms with Crippen molar-refractivity contribution >= 4 is 15.9 Å². The van der Waals surface area contributed by atoms with Crippen molar-refractivity contribution in [3.8, 4) is 0 Å². The number of hydrogen-bond acceptors (Lipinski definition) is 3. The zero-order valence-electron chi connectivity index (χ0n) is 22.9. The van der Waals surface area contributed by atoms with Crippen molar-refractivity contribution in [3.63, 3.8) is 0 Å². The summed E-state index contributed by atoms with van der Waals surface area (Å²) >= 11 is 0. The number of amides is 1. The Morgan fingerprint density at radius 1 is 0.667 bits per heavy atom. The fourth-order valence-electron chi connectivity index (χ4n) is 4.98. The normalized spacial score (nSPS) is 11.5. The lowest BCUT2D eigenvalue weighted by Gasteiger charge is -2.28. The van der Waals surface area contributed by atoms with Gasteiger partial charge in [0.15, 0.2) is 0 Å². The Hall–Kier alpha value is -3.74. The molecule has 0 saturated heterocycles. The number of nitrogens with zero attached hydrogens (tertiary/aromatic N) is 2. The molecule has 0 heterocycles. The van der Waals surface area contributed by atoms with Gasteiger partial charge >= 0.3 is 0 Å². The largest absolute Gasteiger partial charge is 0.333 e. The van der Waals surface area contributed by atoms with Crippen LogP contribution < -0.4 is 0 Å². The zero-order chi connectivity index (χ0) is 27.8. The van der Waals surface area contributed by atoms with Crippen LogP contribution in [0.25, 0.3) is 0 Å². The summed E-state index contributed by atoms with van der Waals surface area (Å²) in [5.74, 6) is -0.234. The Labute approximate surface area is 232 Å². The van der Waals surface area contributed by atoms with Crippen LogP contribution in [0.1, 0.15) is 33.4 Å². The molecule has 4 aromatic rings. The van der Waals surface area contributed by atoms with Gasteiger partial charge in [-0.1, -0.05) is 109 Å². The zero-order valence-corrected chi connectivity index (χ0v) is 23.7. The maximum atomic E-state index is 14.1. The predicted octanol–water partition coefficient (Wildman–Crippen LogP) is 6.07. The van der Waals surface area contributed by atoms with E-state index in [0.29, 0.717) is 30.6 Å². The maximum absolute atomic E-state index is 14.1. The van der Waals surface area contributed by atoms with Gasteiger partial charge in [0.2, 0.25) is 15.9 Å². The smallest absolute Gasteiger partial charge is 0.244 e. The fourth-order valence-corrected chi connectivity index (χ4v) is 6.78. The Kier molecular flexibility index (Phi) is 9.33. The molecule has 0 atom stereocenters. The van der Waals surface area contributed by atoms with Gasteiger partial charge in [-0.3, -0.25) is 4.79 Å². The standard InChI is InChI=1S/C33H36N2O3S/c1-26-21-27(2)33(28(3)22-26)39(37,38)35(20-19-29-13-7-4-8-14-29)25-32(36)34(23-30-15-9-5-10-16-30)24-31-17-11-6-12-18-31/h4-18,21-22H,19-20,23-25H2,1-3H3. The van der Waals surface area contributed by atoms with Crippen LogP contribution in [0, 0.1) is 20.8 Å². The molecule has 0 unspecified atom stereocenters. The van der Waals surface area contributed by atoms with Crippen LogP contribution in [0.4, 0.5) is 0 Å². The highest BCUT2D eigenvalue weighted by atomic mass is 32.2. The molecule has 0 aliphatic carbocycles. The minimum atomic E-state index is -3.94. The summed E-state index contributed by atoms with van der Waals surface area (Å²) < 4.78 is 29.6. The van der Waals surface area contributed by atoms with Gasteiger partial charge < -0.3 is 4.90 Å². The summed E-state index contributed by atoms with van der Waals surface area (Å²) in [4.78, 5) is 15.9. The third-order valence-corrected chi connectivity index (χ3v) is 8.94. The Morgan fingerprint density at radius 3 is 1.56 bits per heavy atom. The number of carbonyl (C=O) groups is 1. The van der Waals surface area contributed by atoms with Crippen molar-refractivity contribution in [3.05, 3.63) is 137 Å². The van der Waals surface area contributed by atoms with Crippen molar-refractivity contribution in [2.24, 2.45) is 0 Å². The van der Waals surface area contributed by atoms with E-state index >= 15 is 0 Å². The first-order valence-corrected chi connectivity index (χ1v) is 14.7. The summed E-state index contributed by atoms with van der Waals surface area (Å²) in [6, 6.07) is 33.1. The second-order valence-electron chi connectivity index (χ2n) is 10.0. The third-order valence-electron chi connectivity index (χ3n) is 6.79. The van der Waals surface area contributed by atoms with Gasteiger partial charge in [-0.25, -0.2) is 8.42 Å². The first-order valence-electron chi connectivity index (χ1n) is 13.2. The molecule has 1 amide bonds. The molecule has 0 aromatic heterocycles. The quantitative estimate of drug-likeness (QED) is 0.232. The highest BCUT2D eigenvalue weighted by Crippen LogP contribution is 2.26. The van der Waals surface area contributed by atoms with E-state index in [1.165, 1.54) is 4.31 Å². The van der Waals surface area contributed by atoms with E-state index < -0.39 is 10.0 Å². The summed E-state index contributed by atoms with van der Waals surface area (Å²) in [7, 11) is -3.94. The molecule has 0 radical (unpaired) electrons. The molecular weight excluding hydrogens is 504 g/mol. The number of aryl methyl sites for hydroxylation is 3. The molecule has 6 heteroatoms. The monoisotopic (exact) mass is 540 g/mol. The van der Waals surface area contributed by atoms with Crippen molar-refractivity contribution in [1.29, 1.82) is 0 Å². The average Bonchev–Trinajstić information content (AvgIpc) is 2.91. The van der Waals surface area contributed by atoms with Crippen molar-refractivity contribution < 1.29 is 13.2 Å². The topological polar surface area (TPSA) is 57.7 Å². The molecule has 5 nitrogen and oxygen atoms in total. The van der Waals surface area contributed by atoms with Gasteiger partial charge in [0.1, 0.15) is 0 Å². The fraction of sp³-hybridized carbons (Fsp3) is 0.242. The van der Waals surface area contributed by atoms with Crippen molar-refractivity contribution in [2.75, 3.05) is 13.1 Å². The van der Waals surface area contributed by atoms with Crippen molar-refractivity contribution in [1.82, 2.24) is 9.21 Å². The molecule has 0 bridgehead atoms. The summed E-state index contributed by atoms with van der Waals surface area (Å²) in [5.41, 5.74) is 5.39. The Bertz CT molecular complexity index is 1420. The Morgan fingerprint density at radius 2 is 1.10 bits per heavy atom. The van der Waals surface area contributed by atoms with Crippen LogP contribution in [0.15, 0.2) is 108 Å². The van der Waals surface area contributed by atoms with Gasteiger partial charge in [-0.2, -0.15) is 4.31 Å². The lowest BCUT2D eigenvalue weighted by Crippen LogP contribution is -2.43. The predicted molar refractivity (Wildman–Crippen MR) is 157 cm³/mol. The van der Waals surface area contributed by atoms with E-state index in [0.717, 1.165) is 22.3 Å². The molecule has 4 aromatic carbocycles. The minimum Gasteiger partial charge on any atom is -0.333 e. The highest BCUT2D eigenvalue weighted by molar-refractivity contribution is 7.89. The third kappa shape index (κ3) is 7.43. The average molecular weight is 541 g/mol. The maximum Gasteiger partial charge on any atom is 0.244 e. The molecule has 0 saturated carbocycles. The number of benzene rings is 4. The molecular formula is C33H36N2O3S. The van der Waals surface area contributed by atoms with E-state index in [-0.39, 0.29) is 23.9 Å². The van der Waals surface area contributed by atoms with Crippen LogP contribution in [0.3, 0.4) is 0 Å². The van der Waals surface area contributed by atoms with Crippen LogP contribution in [-0.2, 0) is 34.3 Å². The molecule has 4 rings (SSSR count). The lowest BCUT2D eigenvalue weighted by atomic mass is 10.1. The number of carbonyl (C=O) groups excluding carboxylic acids is 1. The van der Waals surface area contributed by atoms with E-state index in [1.54, 1.807) is 4.90 Å². The number of rotatable bonds is 11. The van der Waals surface area contributed by atoms with E-state index in [2.05, 4.69) is 0 Å². The van der Waals surface area contributed by atoms with E-state index in [4.69, 9.17) is 0 Å². The van der Waals surface area contributed by atoms with Gasteiger partial charge in [-0.05, 0) is 55.0 Å². The van der Waals surface area contributed by atoms with Crippen molar-refractivity contribution in [2.45, 2.75) is 45.2 Å². The Balaban J connectivity index is 1.67. The molecule has 0 N–H and O–H groups in total. The second kappa shape index (κ2) is 12.9. The van der Waals surface area contributed by atoms with Crippen LogP contribution in [0.2, 0.25) is 0 Å². The summed E-state index contributed by atoms with van der Waals surface area (Å²) in [6.07, 6.45) is 0.509. The number of sulfonamides is 1. The minimum absolute atomic E-state index is 0.204. The van der Waals surface area contributed by atoms with Crippen LogP contribution >= 0.6 is 0 Å². The van der Waals surface area contributed by atoms with Gasteiger partial charge in [-0.15, -0.1) is 0 Å². The highest BCUT2D eigenvalue weighted by Gasteiger charge is 2.31. The first-order chi connectivity index (χ1) is 18.7. The molecule has 0 aliphatic heterocycles. The first kappa shape index (κ1) is 28.3. The lowest BCUT2D eigenvalue weighted by molar-refractivity contribution is -0.132. The molecule has 0 aliphatic rings. The SMILES string of the molecule is Cc1cc(C)c(S(=O)(=O)N(CCc2ccccc2)CC(=O)N(Cc2ccccc2)Cc2ccccc2)c(C)c1. The van der Waals surface area contributed by atoms with E-state index in [9.17, 15) is 13.2 Å². The molecule has 0 spiro atoms. The van der Waals surface area contributed by atoms with Crippen LogP contribution in [0.5, 0.6) is 0 Å². The molecule has 202 valence electrons. The molecule has 0 fully saturated rings. The van der Waals surface area contributed by atoms with Gasteiger partial charge in [0.05, 0.1) is 11.4 Å². The molecule has 39 heavy (non-hydrogen) atoms. The van der Waals surface area contributed by atoms with Gasteiger partial charge in [0, 0.05) is 19.6 Å². The second-order valence-corrected chi connectivity index (χ2v) is 11.9. The summed E-state index contributed by atoms with van der Waals surface area (Å²) in [6.45, 7) is 6.35. The summed E-state index contributed by atoms with van der Waals surface area (Å²) in [5, 5.41) is 0. The number of hydrogen-bond donors (Lipinski definition) is 0. The van der Waals surface area contributed by atoms with E-state index in [1.807, 2.05) is 124 Å². The van der Waals surface area contributed by atoms with Gasteiger partial charge in [0.25, 0.3) is 0 Å². The van der Waals surface area contributed by atoms with Crippen LogP contribution in [-0.4, -0.2) is 36.6 Å².